The minimum absolute atomic E-state index is 0.213. The van der Waals surface area contributed by atoms with Crippen LogP contribution in [-0.2, 0) is 11.3 Å². The second kappa shape index (κ2) is 8.30. The molecule has 0 bridgehead atoms. The van der Waals surface area contributed by atoms with E-state index in [1.165, 1.54) is 5.56 Å². The molecule has 0 radical (unpaired) electrons. The molecule has 0 aliphatic heterocycles. The number of methoxy groups -OCH3 is 1. The van der Waals surface area contributed by atoms with E-state index >= 15 is 0 Å². The Labute approximate surface area is 116 Å². The van der Waals surface area contributed by atoms with Gasteiger partial charge in [0.15, 0.2) is 0 Å². The van der Waals surface area contributed by atoms with Gasteiger partial charge in [-0.1, -0.05) is 6.92 Å². The Morgan fingerprint density at radius 2 is 2.21 bits per heavy atom. The summed E-state index contributed by atoms with van der Waals surface area (Å²) in [6.45, 7) is 9.64. The zero-order valence-electron chi connectivity index (χ0n) is 12.7. The lowest BCUT2D eigenvalue weighted by atomic mass is 10.1. The Morgan fingerprint density at radius 3 is 2.68 bits per heavy atom. The molecule has 19 heavy (non-hydrogen) atoms. The van der Waals surface area contributed by atoms with Crippen LogP contribution in [0, 0.1) is 0 Å². The fourth-order valence-corrected chi connectivity index (χ4v) is 2.30. The zero-order valence-corrected chi connectivity index (χ0v) is 12.7. The summed E-state index contributed by atoms with van der Waals surface area (Å²) in [4.78, 5) is 2.42. The van der Waals surface area contributed by atoms with Gasteiger partial charge in [-0.25, -0.2) is 0 Å². The summed E-state index contributed by atoms with van der Waals surface area (Å²) < 4.78 is 7.17. The molecule has 0 amide bonds. The molecule has 1 heterocycles. The van der Waals surface area contributed by atoms with Crippen LogP contribution in [-0.4, -0.2) is 47.5 Å². The number of aryl methyl sites for hydroxylation is 1. The summed E-state index contributed by atoms with van der Waals surface area (Å²) in [5.41, 5.74) is 7.20. The van der Waals surface area contributed by atoms with E-state index in [-0.39, 0.29) is 6.04 Å². The molecular weight excluding hydrogens is 240 g/mol. The first kappa shape index (κ1) is 16.1. The predicted molar refractivity (Wildman–Crippen MR) is 78.0 cm³/mol. The van der Waals surface area contributed by atoms with Gasteiger partial charge in [-0.3, -0.25) is 9.58 Å². The fourth-order valence-electron chi connectivity index (χ4n) is 2.30. The maximum Gasteiger partial charge on any atom is 0.0590 e. The third-order valence-electron chi connectivity index (χ3n) is 3.70. The number of hydrogen-bond acceptors (Lipinski definition) is 4. The molecule has 110 valence electrons. The molecule has 0 aliphatic rings. The normalized spacial score (nSPS) is 14.8. The van der Waals surface area contributed by atoms with E-state index < -0.39 is 0 Å². The van der Waals surface area contributed by atoms with Crippen molar-refractivity contribution in [2.75, 3.05) is 26.8 Å². The number of ether oxygens (including phenoxy) is 1. The van der Waals surface area contributed by atoms with Crippen LogP contribution in [0.2, 0.25) is 0 Å². The van der Waals surface area contributed by atoms with Crippen LogP contribution in [0.3, 0.4) is 0 Å². The van der Waals surface area contributed by atoms with E-state index in [0.717, 1.165) is 26.1 Å². The summed E-state index contributed by atoms with van der Waals surface area (Å²) in [7, 11) is 1.74. The van der Waals surface area contributed by atoms with Gasteiger partial charge in [-0.15, -0.1) is 0 Å². The second-order valence-corrected chi connectivity index (χ2v) is 4.87. The summed E-state index contributed by atoms with van der Waals surface area (Å²) in [5, 5.41) is 4.35. The van der Waals surface area contributed by atoms with Gasteiger partial charge < -0.3 is 10.5 Å². The van der Waals surface area contributed by atoms with E-state index in [1.54, 1.807) is 7.11 Å². The van der Waals surface area contributed by atoms with Crippen LogP contribution < -0.4 is 5.73 Å². The van der Waals surface area contributed by atoms with Gasteiger partial charge in [0.2, 0.25) is 0 Å². The molecule has 0 aromatic carbocycles. The van der Waals surface area contributed by atoms with Gasteiger partial charge in [0.1, 0.15) is 0 Å². The number of nitrogens with two attached hydrogens (primary N) is 1. The molecule has 0 saturated heterocycles. The highest BCUT2D eigenvalue weighted by Crippen LogP contribution is 2.22. The van der Waals surface area contributed by atoms with Crippen molar-refractivity contribution >= 4 is 0 Å². The standard InChI is InChI=1S/C14H28N4O/c1-5-12(3)18(7-8-19-4)14(9-15)13-10-16-17(6-2)11-13/h10-12,14H,5-9,15H2,1-4H3. The predicted octanol–water partition coefficient (Wildman–Crippen LogP) is 1.65. The van der Waals surface area contributed by atoms with Crippen molar-refractivity contribution < 1.29 is 4.74 Å². The van der Waals surface area contributed by atoms with Crippen molar-refractivity contribution in [3.8, 4) is 0 Å². The van der Waals surface area contributed by atoms with Gasteiger partial charge in [-0.05, 0) is 20.3 Å². The van der Waals surface area contributed by atoms with Gasteiger partial charge in [0.25, 0.3) is 0 Å². The Morgan fingerprint density at radius 1 is 1.47 bits per heavy atom. The first-order chi connectivity index (χ1) is 9.17. The van der Waals surface area contributed by atoms with E-state index in [0.29, 0.717) is 12.6 Å². The van der Waals surface area contributed by atoms with Crippen LogP contribution in [0.5, 0.6) is 0 Å². The smallest absolute Gasteiger partial charge is 0.0590 e. The topological polar surface area (TPSA) is 56.3 Å². The summed E-state index contributed by atoms with van der Waals surface area (Å²) in [5.74, 6) is 0. The molecule has 1 aromatic heterocycles. The van der Waals surface area contributed by atoms with Gasteiger partial charge in [0, 0.05) is 44.5 Å². The maximum atomic E-state index is 6.00. The summed E-state index contributed by atoms with van der Waals surface area (Å²) >= 11 is 0. The van der Waals surface area contributed by atoms with Crippen LogP contribution in [0.1, 0.15) is 38.8 Å². The number of nitrogens with zero attached hydrogens (tertiary/aromatic N) is 3. The number of hydrogen-bond donors (Lipinski definition) is 1. The third-order valence-corrected chi connectivity index (χ3v) is 3.70. The monoisotopic (exact) mass is 268 g/mol. The van der Waals surface area contributed by atoms with Crippen molar-refractivity contribution in [3.05, 3.63) is 18.0 Å². The van der Waals surface area contributed by atoms with Crippen molar-refractivity contribution in [1.29, 1.82) is 0 Å². The fraction of sp³-hybridized carbons (Fsp3) is 0.786. The highest BCUT2D eigenvalue weighted by Gasteiger charge is 2.23. The molecule has 5 nitrogen and oxygen atoms in total. The number of rotatable bonds is 9. The summed E-state index contributed by atoms with van der Waals surface area (Å²) in [6.07, 6.45) is 5.13. The highest BCUT2D eigenvalue weighted by atomic mass is 16.5. The van der Waals surface area contributed by atoms with E-state index in [1.807, 2.05) is 10.9 Å². The Bertz CT molecular complexity index is 353. The lowest BCUT2D eigenvalue weighted by molar-refractivity contribution is 0.0902. The quantitative estimate of drug-likeness (QED) is 0.740. The van der Waals surface area contributed by atoms with E-state index in [4.69, 9.17) is 10.5 Å². The summed E-state index contributed by atoms with van der Waals surface area (Å²) in [6, 6.07) is 0.694. The molecule has 0 fully saturated rings. The largest absolute Gasteiger partial charge is 0.383 e. The van der Waals surface area contributed by atoms with Crippen LogP contribution >= 0.6 is 0 Å². The van der Waals surface area contributed by atoms with Gasteiger partial charge in [0.05, 0.1) is 18.8 Å². The van der Waals surface area contributed by atoms with Crippen LogP contribution in [0.4, 0.5) is 0 Å². The molecule has 2 unspecified atom stereocenters. The van der Waals surface area contributed by atoms with Crippen LogP contribution in [0.25, 0.3) is 0 Å². The number of aromatic nitrogens is 2. The zero-order chi connectivity index (χ0) is 14.3. The Balaban J connectivity index is 2.87. The molecule has 5 heteroatoms. The van der Waals surface area contributed by atoms with Gasteiger partial charge >= 0.3 is 0 Å². The average Bonchev–Trinajstić information content (AvgIpc) is 2.91. The SMILES string of the molecule is CCC(C)N(CCOC)C(CN)c1cnn(CC)c1. The molecule has 2 N–H and O–H groups in total. The van der Waals surface area contributed by atoms with Crippen molar-refractivity contribution in [3.63, 3.8) is 0 Å². The highest BCUT2D eigenvalue weighted by molar-refractivity contribution is 5.11. The molecule has 0 aliphatic carbocycles. The average molecular weight is 268 g/mol. The molecule has 0 spiro atoms. The molecule has 2 atom stereocenters. The van der Waals surface area contributed by atoms with Crippen molar-refractivity contribution in [2.24, 2.45) is 5.73 Å². The Kier molecular flexibility index (Phi) is 7.05. The van der Waals surface area contributed by atoms with Gasteiger partial charge in [-0.2, -0.15) is 5.10 Å². The second-order valence-electron chi connectivity index (χ2n) is 4.87. The van der Waals surface area contributed by atoms with Crippen molar-refractivity contribution in [1.82, 2.24) is 14.7 Å². The minimum atomic E-state index is 0.213. The Hall–Kier alpha value is -0.910. The van der Waals surface area contributed by atoms with E-state index in [2.05, 4.69) is 37.0 Å². The minimum Gasteiger partial charge on any atom is -0.383 e. The molecule has 1 rings (SSSR count). The van der Waals surface area contributed by atoms with Crippen molar-refractivity contribution in [2.45, 2.75) is 45.8 Å². The lowest BCUT2D eigenvalue weighted by Gasteiger charge is -2.35. The van der Waals surface area contributed by atoms with Crippen LogP contribution in [0.15, 0.2) is 12.4 Å². The van der Waals surface area contributed by atoms with E-state index in [9.17, 15) is 0 Å². The first-order valence-corrected chi connectivity index (χ1v) is 7.14. The third kappa shape index (κ3) is 4.30. The molecule has 1 aromatic rings. The maximum absolute atomic E-state index is 6.00. The first-order valence-electron chi connectivity index (χ1n) is 7.14. The molecule has 0 saturated carbocycles. The molecular formula is C14H28N4O. The lowest BCUT2D eigenvalue weighted by Crippen LogP contribution is -2.41.